The molecule has 1 aliphatic rings. The lowest BCUT2D eigenvalue weighted by atomic mass is 9.96. The van der Waals surface area contributed by atoms with Crippen LogP contribution in [-0.4, -0.2) is 45.2 Å². The number of pyridine rings is 1. The Morgan fingerprint density at radius 2 is 2.04 bits per heavy atom. The van der Waals surface area contributed by atoms with E-state index >= 15 is 0 Å². The fraction of sp³-hybridized carbons (Fsp3) is 0.500. The molecule has 134 valence electrons. The Kier molecular flexibility index (Phi) is 5.00. The summed E-state index contributed by atoms with van der Waals surface area (Å²) >= 11 is 0. The molecule has 1 aliphatic heterocycles. The van der Waals surface area contributed by atoms with Crippen LogP contribution in [0.5, 0.6) is 0 Å². The van der Waals surface area contributed by atoms with Crippen molar-refractivity contribution in [2.24, 2.45) is 0 Å². The second-order valence-electron chi connectivity index (χ2n) is 5.94. The van der Waals surface area contributed by atoms with Gasteiger partial charge in [-0.1, -0.05) is 11.2 Å². The van der Waals surface area contributed by atoms with E-state index in [0.717, 1.165) is 0 Å². The highest BCUT2D eigenvalue weighted by Crippen LogP contribution is 2.29. The molecule has 0 radical (unpaired) electrons. The van der Waals surface area contributed by atoms with E-state index in [1.807, 2.05) is 6.07 Å². The minimum absolute atomic E-state index is 0.00312. The van der Waals surface area contributed by atoms with Gasteiger partial charge < -0.3 is 9.42 Å². The summed E-state index contributed by atoms with van der Waals surface area (Å²) in [4.78, 5) is 21.8. The summed E-state index contributed by atoms with van der Waals surface area (Å²) in [5, 5.41) is 3.92. The van der Waals surface area contributed by atoms with Gasteiger partial charge in [-0.2, -0.15) is 18.2 Å². The standard InChI is InChI=1S/C16H17F3N4O2/c17-16(18,19)7-4-13(24)23-9-5-11(6-10-23)15-21-14(22-25-15)12-3-1-2-8-20-12/h1-3,8,11H,4-7,9-10H2. The van der Waals surface area contributed by atoms with E-state index in [1.165, 1.54) is 4.90 Å². The molecular formula is C16H17F3N4O2. The minimum Gasteiger partial charge on any atom is -0.343 e. The molecule has 2 aromatic rings. The zero-order valence-electron chi connectivity index (χ0n) is 13.4. The molecule has 2 aromatic heterocycles. The van der Waals surface area contributed by atoms with Crippen molar-refractivity contribution in [2.75, 3.05) is 13.1 Å². The Morgan fingerprint density at radius 1 is 1.28 bits per heavy atom. The molecule has 1 fully saturated rings. The van der Waals surface area contributed by atoms with Crippen LogP contribution in [0.3, 0.4) is 0 Å². The second-order valence-corrected chi connectivity index (χ2v) is 5.94. The highest BCUT2D eigenvalue weighted by Gasteiger charge is 2.31. The molecule has 0 aromatic carbocycles. The predicted molar refractivity (Wildman–Crippen MR) is 81.4 cm³/mol. The van der Waals surface area contributed by atoms with Crippen molar-refractivity contribution >= 4 is 5.91 Å². The highest BCUT2D eigenvalue weighted by atomic mass is 19.4. The maximum Gasteiger partial charge on any atom is 0.389 e. The number of rotatable bonds is 4. The maximum absolute atomic E-state index is 12.2. The third-order valence-corrected chi connectivity index (χ3v) is 4.15. The van der Waals surface area contributed by atoms with Crippen LogP contribution in [0.4, 0.5) is 13.2 Å². The van der Waals surface area contributed by atoms with E-state index in [0.29, 0.717) is 43.3 Å². The molecule has 6 nitrogen and oxygen atoms in total. The van der Waals surface area contributed by atoms with Crippen LogP contribution in [-0.2, 0) is 4.79 Å². The number of halogens is 3. The third kappa shape index (κ3) is 4.55. The molecule has 1 saturated heterocycles. The maximum atomic E-state index is 12.2. The predicted octanol–water partition coefficient (Wildman–Crippen LogP) is 3.18. The van der Waals surface area contributed by atoms with Crippen LogP contribution in [0, 0.1) is 0 Å². The van der Waals surface area contributed by atoms with E-state index in [4.69, 9.17) is 4.52 Å². The first-order chi connectivity index (χ1) is 11.9. The molecule has 25 heavy (non-hydrogen) atoms. The average molecular weight is 354 g/mol. The largest absolute Gasteiger partial charge is 0.389 e. The van der Waals surface area contributed by atoms with Gasteiger partial charge in [0.05, 0.1) is 6.42 Å². The fourth-order valence-corrected chi connectivity index (χ4v) is 2.78. The molecule has 3 heterocycles. The summed E-state index contributed by atoms with van der Waals surface area (Å²) in [6.45, 7) is 0.783. The van der Waals surface area contributed by atoms with Gasteiger partial charge in [-0.3, -0.25) is 9.78 Å². The van der Waals surface area contributed by atoms with Crippen molar-refractivity contribution in [3.8, 4) is 11.5 Å². The number of likely N-dealkylation sites (tertiary alicyclic amines) is 1. The average Bonchev–Trinajstić information content (AvgIpc) is 3.10. The fourth-order valence-electron chi connectivity index (χ4n) is 2.78. The first kappa shape index (κ1) is 17.4. The minimum atomic E-state index is -4.31. The molecule has 3 rings (SSSR count). The lowest BCUT2D eigenvalue weighted by Crippen LogP contribution is -2.38. The first-order valence-corrected chi connectivity index (χ1v) is 8.02. The molecular weight excluding hydrogens is 337 g/mol. The number of amides is 1. The van der Waals surface area contributed by atoms with Crippen LogP contribution < -0.4 is 0 Å². The van der Waals surface area contributed by atoms with Gasteiger partial charge in [-0.05, 0) is 25.0 Å². The summed E-state index contributed by atoms with van der Waals surface area (Å²) in [5.41, 5.74) is 0.609. The van der Waals surface area contributed by atoms with Crippen LogP contribution in [0.2, 0.25) is 0 Å². The zero-order chi connectivity index (χ0) is 17.9. The van der Waals surface area contributed by atoms with Gasteiger partial charge in [0.25, 0.3) is 0 Å². The Labute approximate surface area is 142 Å². The van der Waals surface area contributed by atoms with Gasteiger partial charge in [0.1, 0.15) is 5.69 Å². The SMILES string of the molecule is O=C(CCC(F)(F)F)N1CCC(c2nc(-c3ccccn3)no2)CC1. The zero-order valence-corrected chi connectivity index (χ0v) is 13.4. The van der Waals surface area contributed by atoms with Crippen LogP contribution >= 0.6 is 0 Å². The summed E-state index contributed by atoms with van der Waals surface area (Å²) in [5.74, 6) is 0.412. The lowest BCUT2D eigenvalue weighted by Gasteiger charge is -2.30. The normalized spacial score (nSPS) is 16.2. The van der Waals surface area contributed by atoms with Crippen LogP contribution in [0.25, 0.3) is 11.5 Å². The highest BCUT2D eigenvalue weighted by molar-refractivity contribution is 5.76. The Balaban J connectivity index is 1.54. The van der Waals surface area contributed by atoms with Gasteiger partial charge in [0, 0.05) is 31.6 Å². The molecule has 9 heteroatoms. The van der Waals surface area contributed by atoms with E-state index < -0.39 is 24.9 Å². The molecule has 0 bridgehead atoms. The summed E-state index contributed by atoms with van der Waals surface area (Å²) < 4.78 is 41.9. The molecule has 0 spiro atoms. The number of nitrogens with zero attached hydrogens (tertiary/aromatic N) is 4. The Bertz CT molecular complexity index is 710. The number of alkyl halides is 3. The Morgan fingerprint density at radius 3 is 2.68 bits per heavy atom. The number of carbonyl (C=O) groups excluding carboxylic acids is 1. The van der Waals surface area contributed by atoms with Crippen molar-refractivity contribution in [3.63, 3.8) is 0 Å². The van der Waals surface area contributed by atoms with Gasteiger partial charge in [0.2, 0.25) is 17.6 Å². The number of aromatic nitrogens is 3. The van der Waals surface area contributed by atoms with E-state index in [1.54, 1.807) is 18.3 Å². The first-order valence-electron chi connectivity index (χ1n) is 8.02. The number of piperidine rings is 1. The lowest BCUT2D eigenvalue weighted by molar-refractivity contribution is -0.149. The van der Waals surface area contributed by atoms with Crippen molar-refractivity contribution in [3.05, 3.63) is 30.3 Å². The van der Waals surface area contributed by atoms with E-state index in [9.17, 15) is 18.0 Å². The second kappa shape index (κ2) is 7.20. The quantitative estimate of drug-likeness (QED) is 0.843. The summed E-state index contributed by atoms with van der Waals surface area (Å²) in [7, 11) is 0. The smallest absolute Gasteiger partial charge is 0.343 e. The van der Waals surface area contributed by atoms with E-state index in [-0.39, 0.29) is 5.92 Å². The molecule has 0 aliphatic carbocycles. The summed E-state index contributed by atoms with van der Waals surface area (Å²) in [6.07, 6.45) is -3.08. The number of carbonyl (C=O) groups is 1. The van der Waals surface area contributed by atoms with E-state index in [2.05, 4.69) is 15.1 Å². The molecule has 1 amide bonds. The van der Waals surface area contributed by atoms with Gasteiger partial charge in [-0.25, -0.2) is 0 Å². The summed E-state index contributed by atoms with van der Waals surface area (Å²) in [6, 6.07) is 5.38. The van der Waals surface area contributed by atoms with Crippen molar-refractivity contribution < 1.29 is 22.5 Å². The van der Waals surface area contributed by atoms with Crippen LogP contribution in [0.1, 0.15) is 37.5 Å². The van der Waals surface area contributed by atoms with Gasteiger partial charge >= 0.3 is 6.18 Å². The van der Waals surface area contributed by atoms with Gasteiger partial charge in [0.15, 0.2) is 0 Å². The monoisotopic (exact) mass is 354 g/mol. The number of hydrogen-bond donors (Lipinski definition) is 0. The molecule has 0 saturated carbocycles. The topological polar surface area (TPSA) is 72.1 Å². The van der Waals surface area contributed by atoms with Crippen molar-refractivity contribution in [2.45, 2.75) is 37.8 Å². The van der Waals surface area contributed by atoms with Crippen molar-refractivity contribution in [1.29, 1.82) is 0 Å². The Hall–Kier alpha value is -2.45. The molecule has 0 N–H and O–H groups in total. The third-order valence-electron chi connectivity index (χ3n) is 4.15. The molecule has 0 unspecified atom stereocenters. The van der Waals surface area contributed by atoms with Gasteiger partial charge in [-0.15, -0.1) is 0 Å². The molecule has 0 atom stereocenters. The van der Waals surface area contributed by atoms with Crippen LogP contribution in [0.15, 0.2) is 28.9 Å². The number of hydrogen-bond acceptors (Lipinski definition) is 5. The van der Waals surface area contributed by atoms with Crippen molar-refractivity contribution in [1.82, 2.24) is 20.0 Å².